The summed E-state index contributed by atoms with van der Waals surface area (Å²) in [5, 5.41) is 23.7. The number of hydrogen-bond acceptors (Lipinski definition) is 9. The Morgan fingerprint density at radius 2 is 1.89 bits per heavy atom. The van der Waals surface area contributed by atoms with Gasteiger partial charge in [-0.25, -0.2) is 19.9 Å². The zero-order valence-corrected chi connectivity index (χ0v) is 20.2. The molecule has 9 nitrogen and oxygen atoms in total. The molecule has 3 aromatic heterocycles. The lowest BCUT2D eigenvalue weighted by Gasteiger charge is -2.35. The molecule has 1 atom stereocenters. The van der Waals surface area contributed by atoms with Crippen molar-refractivity contribution in [3.8, 4) is 16.5 Å². The summed E-state index contributed by atoms with van der Waals surface area (Å²) < 4.78 is 44.2. The van der Waals surface area contributed by atoms with E-state index in [0.29, 0.717) is 46.9 Å². The van der Waals surface area contributed by atoms with E-state index < -0.39 is 29.4 Å². The number of hydrogen-bond donors (Lipinski definition) is 3. The van der Waals surface area contributed by atoms with E-state index in [1.54, 1.807) is 19.2 Å². The first kappa shape index (κ1) is 25.8. The largest absolute Gasteiger partial charge is 0.481 e. The summed E-state index contributed by atoms with van der Waals surface area (Å²) in [7, 11) is 1.41. The number of nitrogens with one attached hydrogen (secondary N) is 1. The van der Waals surface area contributed by atoms with Crippen molar-refractivity contribution in [3.63, 3.8) is 0 Å². The molecule has 1 unspecified atom stereocenters. The zero-order chi connectivity index (χ0) is 26.1. The Bertz CT molecular complexity index is 1240. The van der Waals surface area contributed by atoms with Gasteiger partial charge in [-0.1, -0.05) is 0 Å². The average Bonchev–Trinajstić information content (AvgIpc) is 3.35. The number of aliphatic hydroxyl groups is 1. The second-order valence-electron chi connectivity index (χ2n) is 8.74. The summed E-state index contributed by atoms with van der Waals surface area (Å²) in [6.07, 6.45) is 0.103. The molecule has 0 saturated heterocycles. The second kappa shape index (κ2) is 9.97. The molecular formula is C23H24F3N5O4S. The molecule has 0 radical (unpaired) electrons. The fourth-order valence-electron chi connectivity index (χ4n) is 4.22. The van der Waals surface area contributed by atoms with Crippen LogP contribution in [0.3, 0.4) is 0 Å². The number of halogens is 3. The Balaban J connectivity index is 1.57. The number of carbonyl (C=O) groups is 1. The van der Waals surface area contributed by atoms with Crippen LogP contribution in [0.4, 0.5) is 24.8 Å². The first-order valence-electron chi connectivity index (χ1n) is 11.1. The van der Waals surface area contributed by atoms with Gasteiger partial charge in [0, 0.05) is 24.1 Å². The number of aromatic nitrogens is 4. The maximum Gasteiger partial charge on any atom is 0.433 e. The fraction of sp³-hybridized carbons (Fsp3) is 0.435. The Labute approximate surface area is 208 Å². The van der Waals surface area contributed by atoms with Crippen LogP contribution in [0, 0.1) is 11.8 Å². The molecule has 0 aromatic carbocycles. The number of carboxylic acids is 1. The quantitative estimate of drug-likeness (QED) is 0.397. The number of aliphatic carboxylic acids is 1. The van der Waals surface area contributed by atoms with Gasteiger partial charge in [-0.2, -0.15) is 13.2 Å². The van der Waals surface area contributed by atoms with Crippen molar-refractivity contribution >= 4 is 28.9 Å². The van der Waals surface area contributed by atoms with E-state index in [1.165, 1.54) is 24.5 Å². The Morgan fingerprint density at radius 1 is 1.17 bits per heavy atom. The number of ether oxygens (including phenoxy) is 1. The summed E-state index contributed by atoms with van der Waals surface area (Å²) >= 11 is 1.23. The predicted octanol–water partition coefficient (Wildman–Crippen LogP) is 4.86. The normalized spacial score (nSPS) is 19.9. The standard InChI is InChI=1S/C23H24F3N5O4S/c1-22(34,13-5-3-12(4-6-13)19(32)33)20-28-11-16(36-20)15-9-14(10-18(30-15)35-2)29-21-27-8-7-17(31-21)23(24,25)26/h7-13,34H,3-6H2,1-2H3,(H,32,33)(H,27,29,30,31)/t12-,13-,22?. The van der Waals surface area contributed by atoms with Crippen LogP contribution in [-0.4, -0.2) is 43.2 Å². The number of pyridine rings is 1. The molecule has 0 spiro atoms. The molecule has 1 aliphatic carbocycles. The summed E-state index contributed by atoms with van der Waals surface area (Å²) in [6.45, 7) is 1.68. The Hall–Kier alpha value is -3.32. The molecule has 1 saturated carbocycles. The van der Waals surface area contributed by atoms with Gasteiger partial charge in [0.15, 0.2) is 0 Å². The van der Waals surface area contributed by atoms with Gasteiger partial charge in [0.2, 0.25) is 11.8 Å². The monoisotopic (exact) mass is 523 g/mol. The minimum atomic E-state index is -4.61. The van der Waals surface area contributed by atoms with Crippen LogP contribution in [0.25, 0.3) is 10.6 Å². The highest BCUT2D eigenvalue weighted by molar-refractivity contribution is 7.15. The van der Waals surface area contributed by atoms with E-state index in [0.717, 1.165) is 12.3 Å². The molecule has 13 heteroatoms. The van der Waals surface area contributed by atoms with Crippen LogP contribution in [0.5, 0.6) is 5.88 Å². The minimum absolute atomic E-state index is 0.138. The van der Waals surface area contributed by atoms with Gasteiger partial charge in [0.05, 0.1) is 23.6 Å². The van der Waals surface area contributed by atoms with Crippen LogP contribution >= 0.6 is 11.3 Å². The Kier molecular flexibility index (Phi) is 7.14. The highest BCUT2D eigenvalue weighted by Gasteiger charge is 2.40. The molecule has 3 N–H and O–H groups in total. The van der Waals surface area contributed by atoms with Crippen molar-refractivity contribution in [1.29, 1.82) is 0 Å². The molecule has 0 amide bonds. The van der Waals surface area contributed by atoms with Crippen LogP contribution in [0.2, 0.25) is 0 Å². The molecule has 1 fully saturated rings. The fourth-order valence-corrected chi connectivity index (χ4v) is 5.22. The van der Waals surface area contributed by atoms with Gasteiger partial charge < -0.3 is 20.3 Å². The van der Waals surface area contributed by atoms with E-state index in [1.807, 2.05) is 0 Å². The van der Waals surface area contributed by atoms with E-state index in [2.05, 4.69) is 25.3 Å². The number of nitrogens with zero attached hydrogens (tertiary/aromatic N) is 4. The molecule has 3 aromatic rings. The molecule has 192 valence electrons. The van der Waals surface area contributed by atoms with Crippen molar-refractivity contribution in [1.82, 2.24) is 19.9 Å². The van der Waals surface area contributed by atoms with Gasteiger partial charge in [0.1, 0.15) is 16.3 Å². The van der Waals surface area contributed by atoms with E-state index in [9.17, 15) is 28.2 Å². The molecule has 0 bridgehead atoms. The highest BCUT2D eigenvalue weighted by atomic mass is 32.1. The molecule has 4 rings (SSSR count). The zero-order valence-electron chi connectivity index (χ0n) is 19.4. The van der Waals surface area contributed by atoms with Crippen molar-refractivity contribution in [2.75, 3.05) is 12.4 Å². The summed E-state index contributed by atoms with van der Waals surface area (Å²) in [6, 6.07) is 3.87. The molecule has 0 aliphatic heterocycles. The summed E-state index contributed by atoms with van der Waals surface area (Å²) in [4.78, 5) is 28.0. The first-order valence-corrected chi connectivity index (χ1v) is 11.9. The third-order valence-corrected chi connectivity index (χ3v) is 7.52. The van der Waals surface area contributed by atoms with Gasteiger partial charge in [-0.3, -0.25) is 4.79 Å². The minimum Gasteiger partial charge on any atom is -0.481 e. The third kappa shape index (κ3) is 5.57. The van der Waals surface area contributed by atoms with Gasteiger partial charge in [-0.15, -0.1) is 11.3 Å². The van der Waals surface area contributed by atoms with Gasteiger partial charge in [0.25, 0.3) is 0 Å². The number of carboxylic acid groups (broad SMARTS) is 1. The van der Waals surface area contributed by atoms with Crippen molar-refractivity contribution in [3.05, 3.63) is 41.3 Å². The van der Waals surface area contributed by atoms with Crippen molar-refractivity contribution in [2.24, 2.45) is 11.8 Å². The summed E-state index contributed by atoms with van der Waals surface area (Å²) in [5.74, 6) is -1.38. The highest BCUT2D eigenvalue weighted by Crippen LogP contribution is 2.43. The van der Waals surface area contributed by atoms with Gasteiger partial charge >= 0.3 is 12.1 Å². The Morgan fingerprint density at radius 3 is 2.53 bits per heavy atom. The van der Waals surface area contributed by atoms with E-state index in [4.69, 9.17) is 4.74 Å². The number of methoxy groups -OCH3 is 1. The number of rotatable bonds is 7. The number of alkyl halides is 3. The summed E-state index contributed by atoms with van der Waals surface area (Å²) in [5.41, 5.74) is -1.55. The number of thiazole rings is 1. The van der Waals surface area contributed by atoms with Crippen molar-refractivity contribution in [2.45, 2.75) is 44.4 Å². The molecule has 1 aliphatic rings. The SMILES string of the molecule is COc1cc(Nc2nccc(C(F)(F)F)n2)cc(-c2cnc(C(C)(O)[C@H]3CC[C@H](C(=O)O)CC3)s2)n1. The first-order chi connectivity index (χ1) is 17.0. The third-order valence-electron chi connectivity index (χ3n) is 6.28. The van der Waals surface area contributed by atoms with Crippen LogP contribution < -0.4 is 10.1 Å². The lowest BCUT2D eigenvalue weighted by molar-refractivity contribution is -0.144. The van der Waals surface area contributed by atoms with Crippen LogP contribution in [0.1, 0.15) is 43.3 Å². The average molecular weight is 524 g/mol. The molecular weight excluding hydrogens is 499 g/mol. The van der Waals surface area contributed by atoms with Crippen LogP contribution in [-0.2, 0) is 16.6 Å². The predicted molar refractivity (Wildman–Crippen MR) is 125 cm³/mol. The maximum atomic E-state index is 13.0. The number of anilines is 2. The molecule has 3 heterocycles. The maximum absolute atomic E-state index is 13.0. The van der Waals surface area contributed by atoms with E-state index >= 15 is 0 Å². The molecule has 36 heavy (non-hydrogen) atoms. The van der Waals surface area contributed by atoms with Gasteiger partial charge in [-0.05, 0) is 50.7 Å². The van der Waals surface area contributed by atoms with Crippen molar-refractivity contribution < 1.29 is 32.9 Å². The lowest BCUT2D eigenvalue weighted by atomic mass is 9.74. The smallest absolute Gasteiger partial charge is 0.433 e. The topological polar surface area (TPSA) is 130 Å². The van der Waals surface area contributed by atoms with E-state index in [-0.39, 0.29) is 17.7 Å². The second-order valence-corrected chi connectivity index (χ2v) is 9.77. The van der Waals surface area contributed by atoms with Crippen LogP contribution in [0.15, 0.2) is 30.6 Å². The lowest BCUT2D eigenvalue weighted by Crippen LogP contribution is -2.35.